The van der Waals surface area contributed by atoms with Gasteiger partial charge in [0, 0.05) is 23.8 Å². The summed E-state index contributed by atoms with van der Waals surface area (Å²) in [6, 6.07) is 12.2. The van der Waals surface area contributed by atoms with Crippen LogP contribution >= 0.6 is 11.6 Å². The number of nitrogens with one attached hydrogen (secondary N) is 1. The van der Waals surface area contributed by atoms with Crippen LogP contribution in [0.25, 0.3) is 0 Å². The Bertz CT molecular complexity index is 508. The molecule has 0 bridgehead atoms. The van der Waals surface area contributed by atoms with Crippen LogP contribution in [0.3, 0.4) is 0 Å². The van der Waals surface area contributed by atoms with Gasteiger partial charge in [-0.3, -0.25) is 4.98 Å². The highest BCUT2D eigenvalue weighted by Crippen LogP contribution is 2.22. The number of hydrogen-bond acceptors (Lipinski definition) is 2. The number of rotatable bonds is 4. The number of halogens is 1. The zero-order valence-corrected chi connectivity index (χ0v) is 11.4. The van der Waals surface area contributed by atoms with Gasteiger partial charge in [-0.1, -0.05) is 35.9 Å². The van der Waals surface area contributed by atoms with Crippen LogP contribution in [0.2, 0.25) is 5.02 Å². The van der Waals surface area contributed by atoms with Crippen molar-refractivity contribution in [1.29, 1.82) is 0 Å². The van der Waals surface area contributed by atoms with E-state index in [0.717, 1.165) is 22.8 Å². The van der Waals surface area contributed by atoms with Crippen LogP contribution in [0.4, 0.5) is 0 Å². The maximum absolute atomic E-state index is 6.17. The Labute approximate surface area is 113 Å². The van der Waals surface area contributed by atoms with E-state index in [-0.39, 0.29) is 6.04 Å². The van der Waals surface area contributed by atoms with Gasteiger partial charge in [-0.15, -0.1) is 0 Å². The highest BCUT2D eigenvalue weighted by molar-refractivity contribution is 6.31. The smallest absolute Gasteiger partial charge is 0.0542 e. The van der Waals surface area contributed by atoms with E-state index >= 15 is 0 Å². The van der Waals surface area contributed by atoms with E-state index in [2.05, 4.69) is 23.3 Å². The van der Waals surface area contributed by atoms with Crippen LogP contribution in [-0.4, -0.2) is 4.98 Å². The molecule has 2 rings (SSSR count). The maximum atomic E-state index is 6.17. The Morgan fingerprint density at radius 3 is 2.67 bits per heavy atom. The lowest BCUT2D eigenvalue weighted by atomic mass is 10.1. The van der Waals surface area contributed by atoms with Crippen molar-refractivity contribution < 1.29 is 0 Å². The first kappa shape index (κ1) is 13.1. The molecule has 0 aliphatic rings. The molecular formula is C15H17ClN2. The number of nitrogens with zero attached hydrogens (tertiary/aromatic N) is 1. The lowest BCUT2D eigenvalue weighted by molar-refractivity contribution is 0.568. The Hall–Kier alpha value is -1.38. The van der Waals surface area contributed by atoms with E-state index in [1.165, 1.54) is 5.56 Å². The lowest BCUT2D eigenvalue weighted by Crippen LogP contribution is -2.19. The summed E-state index contributed by atoms with van der Waals surface area (Å²) in [6.07, 6.45) is 1.89. The number of hydrogen-bond donors (Lipinski definition) is 1. The summed E-state index contributed by atoms with van der Waals surface area (Å²) in [4.78, 5) is 4.37. The molecule has 1 atom stereocenters. The molecule has 2 nitrogen and oxygen atoms in total. The van der Waals surface area contributed by atoms with Gasteiger partial charge in [0.25, 0.3) is 0 Å². The highest BCUT2D eigenvalue weighted by Gasteiger charge is 2.08. The van der Waals surface area contributed by atoms with Crippen molar-refractivity contribution in [3.8, 4) is 0 Å². The van der Waals surface area contributed by atoms with Crippen LogP contribution in [0.15, 0.2) is 42.6 Å². The third-order valence-electron chi connectivity index (χ3n) is 2.93. The Balaban J connectivity index is 1.98. The fraction of sp³-hybridized carbons (Fsp3) is 0.267. The molecule has 0 saturated heterocycles. The van der Waals surface area contributed by atoms with Gasteiger partial charge in [0.15, 0.2) is 0 Å². The normalized spacial score (nSPS) is 12.4. The zero-order valence-electron chi connectivity index (χ0n) is 10.7. The molecule has 0 radical (unpaired) electrons. The Morgan fingerprint density at radius 2 is 2.00 bits per heavy atom. The predicted molar refractivity (Wildman–Crippen MR) is 75.7 cm³/mol. The SMILES string of the molecule is Cc1ccc(CN[C@H](C)c2ccccc2Cl)nc1. The molecule has 1 N–H and O–H groups in total. The number of benzene rings is 1. The van der Waals surface area contributed by atoms with Gasteiger partial charge in [-0.05, 0) is 37.1 Å². The molecule has 0 aliphatic carbocycles. The molecule has 0 fully saturated rings. The summed E-state index contributed by atoms with van der Waals surface area (Å²) in [5.74, 6) is 0. The molecule has 1 heterocycles. The summed E-state index contributed by atoms with van der Waals surface area (Å²) in [5, 5.41) is 4.23. The maximum Gasteiger partial charge on any atom is 0.0542 e. The molecule has 18 heavy (non-hydrogen) atoms. The van der Waals surface area contributed by atoms with E-state index in [1.54, 1.807) is 0 Å². The first-order chi connectivity index (χ1) is 8.66. The second kappa shape index (κ2) is 5.98. The van der Waals surface area contributed by atoms with Gasteiger partial charge in [-0.2, -0.15) is 0 Å². The summed E-state index contributed by atoms with van der Waals surface area (Å²) in [7, 11) is 0. The van der Waals surface area contributed by atoms with Crippen LogP contribution in [0.1, 0.15) is 29.8 Å². The van der Waals surface area contributed by atoms with Gasteiger partial charge in [-0.25, -0.2) is 0 Å². The average Bonchev–Trinajstić information content (AvgIpc) is 2.38. The van der Waals surface area contributed by atoms with Gasteiger partial charge in [0.2, 0.25) is 0 Å². The Kier molecular flexibility index (Phi) is 4.34. The molecule has 94 valence electrons. The quantitative estimate of drug-likeness (QED) is 0.902. The van der Waals surface area contributed by atoms with Crippen molar-refractivity contribution in [2.24, 2.45) is 0 Å². The van der Waals surface area contributed by atoms with Crippen molar-refractivity contribution >= 4 is 11.6 Å². The standard InChI is InChI=1S/C15H17ClN2/c1-11-7-8-13(18-9-11)10-17-12(2)14-5-3-4-6-15(14)16/h3-9,12,17H,10H2,1-2H3/t12-/m1/s1. The first-order valence-electron chi connectivity index (χ1n) is 6.06. The zero-order chi connectivity index (χ0) is 13.0. The molecule has 0 aliphatic heterocycles. The molecule has 0 amide bonds. The van der Waals surface area contributed by atoms with Gasteiger partial charge >= 0.3 is 0 Å². The second-order valence-corrected chi connectivity index (χ2v) is 4.86. The minimum Gasteiger partial charge on any atom is -0.305 e. The average molecular weight is 261 g/mol. The first-order valence-corrected chi connectivity index (χ1v) is 6.44. The Morgan fingerprint density at radius 1 is 1.22 bits per heavy atom. The van der Waals surface area contributed by atoms with Crippen LogP contribution in [0.5, 0.6) is 0 Å². The largest absolute Gasteiger partial charge is 0.305 e. The summed E-state index contributed by atoms with van der Waals surface area (Å²) in [6.45, 7) is 4.89. The van der Waals surface area contributed by atoms with E-state index in [0.29, 0.717) is 0 Å². The molecule has 3 heteroatoms. The number of aryl methyl sites for hydroxylation is 1. The molecule has 1 aromatic carbocycles. The van der Waals surface area contributed by atoms with E-state index in [1.807, 2.05) is 43.5 Å². The topological polar surface area (TPSA) is 24.9 Å². The van der Waals surface area contributed by atoms with Gasteiger partial charge < -0.3 is 5.32 Å². The van der Waals surface area contributed by atoms with Crippen LogP contribution in [0, 0.1) is 6.92 Å². The van der Waals surface area contributed by atoms with Crippen molar-refractivity contribution in [1.82, 2.24) is 10.3 Å². The minimum absolute atomic E-state index is 0.210. The molecule has 0 unspecified atom stereocenters. The molecular weight excluding hydrogens is 244 g/mol. The number of pyridine rings is 1. The second-order valence-electron chi connectivity index (χ2n) is 4.45. The fourth-order valence-corrected chi connectivity index (χ4v) is 2.10. The van der Waals surface area contributed by atoms with Crippen molar-refractivity contribution in [3.63, 3.8) is 0 Å². The molecule has 0 spiro atoms. The van der Waals surface area contributed by atoms with Crippen molar-refractivity contribution in [2.75, 3.05) is 0 Å². The van der Waals surface area contributed by atoms with E-state index in [9.17, 15) is 0 Å². The summed E-state index contributed by atoms with van der Waals surface area (Å²) < 4.78 is 0. The third kappa shape index (κ3) is 3.31. The van der Waals surface area contributed by atoms with Crippen LogP contribution < -0.4 is 5.32 Å². The number of aromatic nitrogens is 1. The summed E-state index contributed by atoms with van der Waals surface area (Å²) >= 11 is 6.17. The van der Waals surface area contributed by atoms with Crippen molar-refractivity contribution in [2.45, 2.75) is 26.4 Å². The van der Waals surface area contributed by atoms with Crippen LogP contribution in [-0.2, 0) is 6.54 Å². The lowest BCUT2D eigenvalue weighted by Gasteiger charge is -2.15. The fourth-order valence-electron chi connectivity index (χ4n) is 1.80. The summed E-state index contributed by atoms with van der Waals surface area (Å²) in [5.41, 5.74) is 3.34. The third-order valence-corrected chi connectivity index (χ3v) is 3.28. The highest BCUT2D eigenvalue weighted by atomic mass is 35.5. The van der Waals surface area contributed by atoms with E-state index < -0.39 is 0 Å². The monoisotopic (exact) mass is 260 g/mol. The van der Waals surface area contributed by atoms with Gasteiger partial charge in [0.1, 0.15) is 0 Å². The van der Waals surface area contributed by atoms with Gasteiger partial charge in [0.05, 0.1) is 5.69 Å². The molecule has 2 aromatic rings. The van der Waals surface area contributed by atoms with Crippen molar-refractivity contribution in [3.05, 3.63) is 64.4 Å². The minimum atomic E-state index is 0.210. The molecule has 0 saturated carbocycles. The molecule has 1 aromatic heterocycles. The predicted octanol–water partition coefficient (Wildman–Crippen LogP) is 3.89. The van der Waals surface area contributed by atoms with E-state index in [4.69, 9.17) is 11.6 Å².